The van der Waals surface area contributed by atoms with Gasteiger partial charge in [0.2, 0.25) is 0 Å². The van der Waals surface area contributed by atoms with Crippen molar-refractivity contribution in [3.8, 4) is 5.75 Å². The summed E-state index contributed by atoms with van der Waals surface area (Å²) in [5.74, 6) is 0.169. The molecule has 8 heteroatoms. The van der Waals surface area contributed by atoms with Crippen LogP contribution in [0.25, 0.3) is 0 Å². The Morgan fingerprint density at radius 3 is 2.48 bits per heavy atom. The number of pyridine rings is 1. The van der Waals surface area contributed by atoms with E-state index in [4.69, 9.17) is 16.3 Å². The van der Waals surface area contributed by atoms with Crippen molar-refractivity contribution in [2.75, 3.05) is 0 Å². The zero-order valence-electron chi connectivity index (χ0n) is 15.0. The topological polar surface area (TPSA) is 51.2 Å². The fourth-order valence-corrected chi connectivity index (χ4v) is 2.74. The second kappa shape index (κ2) is 8.96. The maximum Gasteiger partial charge on any atom is 0.416 e. The van der Waals surface area contributed by atoms with Crippen LogP contribution in [0, 0.1) is 0 Å². The van der Waals surface area contributed by atoms with Crippen LogP contribution >= 0.6 is 11.6 Å². The van der Waals surface area contributed by atoms with E-state index < -0.39 is 17.6 Å². The van der Waals surface area contributed by atoms with Gasteiger partial charge in [-0.3, -0.25) is 4.79 Å². The molecule has 0 unspecified atom stereocenters. The number of hydrogen-bond acceptors (Lipinski definition) is 3. The molecule has 1 aromatic heterocycles. The molecule has 0 aliphatic rings. The molecule has 1 N–H and O–H groups in total. The number of nitrogens with zero attached hydrogens (tertiary/aromatic N) is 1. The van der Waals surface area contributed by atoms with E-state index in [-0.39, 0.29) is 6.54 Å². The molecule has 0 fully saturated rings. The van der Waals surface area contributed by atoms with Crippen molar-refractivity contribution in [2.24, 2.45) is 0 Å². The van der Waals surface area contributed by atoms with Gasteiger partial charge in [0.05, 0.1) is 5.56 Å². The molecule has 4 nitrogen and oxygen atoms in total. The smallest absolute Gasteiger partial charge is 0.416 e. The number of halogens is 4. The summed E-state index contributed by atoms with van der Waals surface area (Å²) >= 11 is 5.82. The van der Waals surface area contributed by atoms with E-state index in [1.165, 1.54) is 12.1 Å². The summed E-state index contributed by atoms with van der Waals surface area (Å²) in [5, 5.41) is 2.98. The summed E-state index contributed by atoms with van der Waals surface area (Å²) in [7, 11) is 0. The van der Waals surface area contributed by atoms with Gasteiger partial charge in [0, 0.05) is 18.3 Å². The second-order valence-corrected chi connectivity index (χ2v) is 6.57. The van der Waals surface area contributed by atoms with Gasteiger partial charge in [0.25, 0.3) is 5.91 Å². The number of ether oxygens (including phenoxy) is 1. The number of nitrogens with one attached hydrogen (secondary N) is 1. The van der Waals surface area contributed by atoms with Crippen molar-refractivity contribution in [3.05, 3.63) is 94.3 Å². The lowest BCUT2D eigenvalue weighted by Crippen LogP contribution is -2.23. The van der Waals surface area contributed by atoms with Crippen LogP contribution in [0.15, 0.2) is 66.9 Å². The molecule has 0 saturated carbocycles. The minimum atomic E-state index is -4.42. The molecule has 0 aliphatic carbocycles. The predicted molar refractivity (Wildman–Crippen MR) is 103 cm³/mol. The molecule has 0 radical (unpaired) electrons. The average molecular weight is 421 g/mol. The minimum absolute atomic E-state index is 0.0101. The second-order valence-electron chi connectivity index (χ2n) is 6.18. The fraction of sp³-hybridized carbons (Fsp3) is 0.143. The molecule has 29 heavy (non-hydrogen) atoms. The summed E-state index contributed by atoms with van der Waals surface area (Å²) in [6, 6.07) is 14.8. The molecule has 150 valence electrons. The monoisotopic (exact) mass is 420 g/mol. The molecular formula is C21H16ClF3N2O2. The van der Waals surface area contributed by atoms with Crippen molar-refractivity contribution in [3.63, 3.8) is 0 Å². The highest BCUT2D eigenvalue weighted by atomic mass is 35.5. The highest BCUT2D eigenvalue weighted by Crippen LogP contribution is 2.29. The van der Waals surface area contributed by atoms with Crippen LogP contribution in [0.5, 0.6) is 5.75 Å². The van der Waals surface area contributed by atoms with Crippen LogP contribution in [0.2, 0.25) is 5.15 Å². The lowest BCUT2D eigenvalue weighted by molar-refractivity contribution is -0.137. The van der Waals surface area contributed by atoms with Gasteiger partial charge < -0.3 is 10.1 Å². The van der Waals surface area contributed by atoms with Gasteiger partial charge in [0.1, 0.15) is 17.5 Å². The van der Waals surface area contributed by atoms with Crippen molar-refractivity contribution >= 4 is 17.5 Å². The summed E-state index contributed by atoms with van der Waals surface area (Å²) in [6.07, 6.45) is -2.84. The third kappa shape index (κ3) is 5.96. The van der Waals surface area contributed by atoms with Gasteiger partial charge in [-0.15, -0.1) is 0 Å². The summed E-state index contributed by atoms with van der Waals surface area (Å²) in [5.41, 5.74) is 0.842. The SMILES string of the molecule is O=C(NCc1cccc(C(F)(F)F)c1)c1ccc(OCc2ccnc(Cl)c2)cc1. The van der Waals surface area contributed by atoms with Gasteiger partial charge in [-0.1, -0.05) is 23.7 Å². The Morgan fingerprint density at radius 1 is 1.03 bits per heavy atom. The van der Waals surface area contributed by atoms with Gasteiger partial charge in [-0.05, 0) is 59.7 Å². The molecule has 1 amide bonds. The first-order valence-corrected chi connectivity index (χ1v) is 8.97. The molecule has 0 bridgehead atoms. The van der Waals surface area contributed by atoms with E-state index in [2.05, 4.69) is 10.3 Å². The van der Waals surface area contributed by atoms with Crippen molar-refractivity contribution in [1.82, 2.24) is 10.3 Å². The number of carbonyl (C=O) groups is 1. The van der Waals surface area contributed by atoms with Gasteiger partial charge in [0.15, 0.2) is 0 Å². The number of amides is 1. The molecule has 2 aromatic carbocycles. The predicted octanol–water partition coefficient (Wildman–Crippen LogP) is 5.26. The third-order valence-electron chi connectivity index (χ3n) is 4.02. The van der Waals surface area contributed by atoms with Crippen molar-refractivity contribution in [1.29, 1.82) is 0 Å². The molecule has 0 atom stereocenters. The Bertz CT molecular complexity index is 992. The molecule has 3 rings (SSSR count). The van der Waals surface area contributed by atoms with Crippen LogP contribution in [-0.4, -0.2) is 10.9 Å². The quantitative estimate of drug-likeness (QED) is 0.553. The Hall–Kier alpha value is -3.06. The molecule has 3 aromatic rings. The average Bonchev–Trinajstić information content (AvgIpc) is 2.70. The lowest BCUT2D eigenvalue weighted by Gasteiger charge is -2.10. The van der Waals surface area contributed by atoms with Crippen LogP contribution in [0.4, 0.5) is 13.2 Å². The van der Waals surface area contributed by atoms with Crippen LogP contribution < -0.4 is 10.1 Å². The summed E-state index contributed by atoms with van der Waals surface area (Å²) < 4.78 is 43.9. The Morgan fingerprint density at radius 2 is 1.79 bits per heavy atom. The molecule has 0 spiro atoms. The lowest BCUT2D eigenvalue weighted by atomic mass is 10.1. The number of rotatable bonds is 6. The number of benzene rings is 2. The largest absolute Gasteiger partial charge is 0.489 e. The summed E-state index contributed by atoms with van der Waals surface area (Å²) in [4.78, 5) is 16.1. The number of carbonyl (C=O) groups excluding carboxylic acids is 1. The van der Waals surface area contributed by atoms with Gasteiger partial charge in [-0.25, -0.2) is 4.98 Å². The first-order chi connectivity index (χ1) is 13.8. The normalized spacial score (nSPS) is 11.2. The van der Waals surface area contributed by atoms with E-state index in [0.29, 0.717) is 28.6 Å². The van der Waals surface area contributed by atoms with Gasteiger partial charge in [-0.2, -0.15) is 13.2 Å². The van der Waals surface area contributed by atoms with Crippen LogP contribution in [0.1, 0.15) is 27.0 Å². The maximum absolute atomic E-state index is 12.8. The van der Waals surface area contributed by atoms with Crippen LogP contribution in [-0.2, 0) is 19.3 Å². The number of aromatic nitrogens is 1. The number of alkyl halides is 3. The number of hydrogen-bond donors (Lipinski definition) is 1. The minimum Gasteiger partial charge on any atom is -0.489 e. The van der Waals surface area contributed by atoms with E-state index in [1.807, 2.05) is 0 Å². The summed E-state index contributed by atoms with van der Waals surface area (Å²) in [6.45, 7) is 0.285. The molecule has 0 saturated heterocycles. The third-order valence-corrected chi connectivity index (χ3v) is 4.23. The standard InChI is InChI=1S/C21H16ClF3N2O2/c22-19-11-15(8-9-26-19)13-29-18-6-4-16(5-7-18)20(28)27-12-14-2-1-3-17(10-14)21(23,24)25/h1-11H,12-13H2,(H,27,28). The Labute approximate surface area is 170 Å². The van der Waals surface area contributed by atoms with E-state index in [9.17, 15) is 18.0 Å². The molecular weight excluding hydrogens is 405 g/mol. The van der Waals surface area contributed by atoms with E-state index in [0.717, 1.165) is 17.7 Å². The Balaban J connectivity index is 1.55. The highest BCUT2D eigenvalue weighted by molar-refractivity contribution is 6.29. The molecule has 1 heterocycles. The van der Waals surface area contributed by atoms with Crippen molar-refractivity contribution < 1.29 is 22.7 Å². The molecule has 0 aliphatic heterocycles. The first-order valence-electron chi connectivity index (χ1n) is 8.59. The first kappa shape index (κ1) is 20.7. The van der Waals surface area contributed by atoms with E-state index in [1.54, 1.807) is 42.6 Å². The zero-order chi connectivity index (χ0) is 20.9. The maximum atomic E-state index is 12.8. The fourth-order valence-electron chi connectivity index (χ4n) is 2.54. The zero-order valence-corrected chi connectivity index (χ0v) is 15.8. The van der Waals surface area contributed by atoms with E-state index >= 15 is 0 Å². The highest BCUT2D eigenvalue weighted by Gasteiger charge is 2.30. The van der Waals surface area contributed by atoms with Gasteiger partial charge >= 0.3 is 6.18 Å². The van der Waals surface area contributed by atoms with Crippen LogP contribution in [0.3, 0.4) is 0 Å². The Kier molecular flexibility index (Phi) is 6.39. The van der Waals surface area contributed by atoms with Crippen molar-refractivity contribution in [2.45, 2.75) is 19.3 Å².